The third-order valence-corrected chi connectivity index (χ3v) is 14.3. The molecule has 2 aromatic heterocycles. The van der Waals surface area contributed by atoms with Crippen LogP contribution in [0.25, 0.3) is 106 Å². The van der Waals surface area contributed by atoms with Crippen molar-refractivity contribution < 1.29 is 0 Å². The van der Waals surface area contributed by atoms with Crippen molar-refractivity contribution in [3.63, 3.8) is 0 Å². The summed E-state index contributed by atoms with van der Waals surface area (Å²) in [5, 5.41) is 13.2. The van der Waals surface area contributed by atoms with E-state index >= 15 is 0 Å². The first-order valence-corrected chi connectivity index (χ1v) is 20.7. The first-order chi connectivity index (χ1) is 26.2. The Bertz CT molecular complexity index is 3120. The van der Waals surface area contributed by atoms with E-state index in [1.54, 1.807) is 0 Å². The third-order valence-electron chi connectivity index (χ3n) is 11.0. The Morgan fingerprint density at radius 3 is 1.15 bits per heavy atom. The Morgan fingerprint density at radius 1 is 0.340 bits per heavy atom. The molecular formula is C51H32SSe. The van der Waals surface area contributed by atoms with Crippen molar-refractivity contribution in [3.05, 3.63) is 181 Å². The van der Waals surface area contributed by atoms with Gasteiger partial charge in [0.25, 0.3) is 0 Å². The second-order valence-corrected chi connectivity index (χ2v) is 17.5. The SMILES string of the molecule is Cc1ccc(-c2c3ccccc3c(-c3cccc4[se]c5cccc(-c6c7ccccc7c(-c7ccccc7)c7ccccc67)c5c34)c3ccccc23)s1. The summed E-state index contributed by atoms with van der Waals surface area (Å²) in [7, 11) is 0. The zero-order chi connectivity index (χ0) is 35.0. The van der Waals surface area contributed by atoms with E-state index in [2.05, 4.69) is 183 Å². The monoisotopic (exact) mass is 756 g/mol. The third kappa shape index (κ3) is 4.67. The molecule has 0 bridgehead atoms. The van der Waals surface area contributed by atoms with E-state index in [4.69, 9.17) is 0 Å². The molecular weight excluding hydrogens is 724 g/mol. The van der Waals surface area contributed by atoms with Gasteiger partial charge in [0.1, 0.15) is 0 Å². The number of aryl methyl sites for hydroxylation is 1. The summed E-state index contributed by atoms with van der Waals surface area (Å²) in [5.74, 6) is 0. The van der Waals surface area contributed by atoms with Crippen molar-refractivity contribution in [1.29, 1.82) is 0 Å². The van der Waals surface area contributed by atoms with E-state index < -0.39 is 0 Å². The Hall–Kier alpha value is -5.76. The van der Waals surface area contributed by atoms with Crippen LogP contribution < -0.4 is 0 Å². The Balaban J connectivity index is 1.29. The van der Waals surface area contributed by atoms with E-state index in [0.29, 0.717) is 0 Å². The van der Waals surface area contributed by atoms with Gasteiger partial charge in [0, 0.05) is 0 Å². The van der Waals surface area contributed by atoms with Crippen LogP contribution in [0.5, 0.6) is 0 Å². The van der Waals surface area contributed by atoms with Crippen LogP contribution in [0.15, 0.2) is 176 Å². The fraction of sp³-hybridized carbons (Fsp3) is 0.0196. The van der Waals surface area contributed by atoms with Crippen LogP contribution in [0.2, 0.25) is 0 Å². The first kappa shape index (κ1) is 30.8. The standard InChI is InChI=1S/C51H32SSe/c1-31-29-30-43(52-31)49-39-23-11-9-21-37(39)48(38-22-10-12-24-40(38)49)42-26-14-28-45-51(42)50-41(25-13-27-44(50)53-45)47-35-19-7-5-17-33(35)46(32-15-3-2-4-16-32)34-18-6-8-20-36(34)47/h2-30H,1H3. The van der Waals surface area contributed by atoms with Gasteiger partial charge in [-0.25, -0.2) is 0 Å². The number of rotatable bonds is 4. The van der Waals surface area contributed by atoms with Gasteiger partial charge in [0.15, 0.2) is 0 Å². The van der Waals surface area contributed by atoms with Crippen LogP contribution in [-0.2, 0) is 0 Å². The molecule has 11 aromatic rings. The van der Waals surface area contributed by atoms with Crippen LogP contribution >= 0.6 is 11.3 Å². The summed E-state index contributed by atoms with van der Waals surface area (Å²) >= 11 is 2.07. The van der Waals surface area contributed by atoms with Crippen molar-refractivity contribution in [2.24, 2.45) is 0 Å². The molecule has 0 nitrogen and oxygen atoms in total. The molecule has 0 radical (unpaired) electrons. The molecule has 0 spiro atoms. The van der Waals surface area contributed by atoms with Crippen LogP contribution in [0.1, 0.15) is 4.88 Å². The van der Waals surface area contributed by atoms with E-state index in [-0.39, 0.29) is 14.5 Å². The Morgan fingerprint density at radius 2 is 0.736 bits per heavy atom. The van der Waals surface area contributed by atoms with E-state index in [0.717, 1.165) is 0 Å². The van der Waals surface area contributed by atoms with Crippen molar-refractivity contribution in [1.82, 2.24) is 0 Å². The Kier molecular flexibility index (Phi) is 7.07. The first-order valence-electron chi connectivity index (χ1n) is 18.2. The fourth-order valence-electron chi connectivity index (χ4n) is 8.87. The number of hydrogen-bond acceptors (Lipinski definition) is 1. The number of fused-ring (bicyclic) bond motifs is 7. The topological polar surface area (TPSA) is 0 Å². The minimum atomic E-state index is 0.187. The maximum absolute atomic E-state index is 2.39. The predicted octanol–water partition coefficient (Wildman–Crippen LogP) is 14.7. The summed E-state index contributed by atoms with van der Waals surface area (Å²) in [6.45, 7) is 2.21. The van der Waals surface area contributed by atoms with Crippen LogP contribution in [-0.4, -0.2) is 14.5 Å². The number of benzene rings is 9. The summed E-state index contributed by atoms with van der Waals surface area (Å²) in [6, 6.07) is 65.8. The van der Waals surface area contributed by atoms with Gasteiger partial charge in [-0.05, 0) is 0 Å². The van der Waals surface area contributed by atoms with E-state index in [1.165, 1.54) is 111 Å². The second kappa shape index (κ2) is 12.2. The predicted molar refractivity (Wildman–Crippen MR) is 233 cm³/mol. The summed E-state index contributed by atoms with van der Waals surface area (Å²) in [5.41, 5.74) is 9.20. The van der Waals surface area contributed by atoms with Gasteiger partial charge in [-0.15, -0.1) is 0 Å². The van der Waals surface area contributed by atoms with Gasteiger partial charge in [0.2, 0.25) is 0 Å². The molecule has 2 heteroatoms. The van der Waals surface area contributed by atoms with Crippen LogP contribution in [0.3, 0.4) is 0 Å². The molecule has 0 unspecified atom stereocenters. The molecule has 248 valence electrons. The molecule has 9 aromatic carbocycles. The average Bonchev–Trinajstić information content (AvgIpc) is 3.82. The molecule has 0 saturated carbocycles. The molecule has 0 atom stereocenters. The van der Waals surface area contributed by atoms with Gasteiger partial charge in [-0.3, -0.25) is 0 Å². The molecule has 11 rings (SSSR count). The van der Waals surface area contributed by atoms with Gasteiger partial charge in [-0.1, -0.05) is 0 Å². The van der Waals surface area contributed by atoms with Crippen molar-refractivity contribution >= 4 is 88.2 Å². The Labute approximate surface area is 318 Å². The van der Waals surface area contributed by atoms with Gasteiger partial charge >= 0.3 is 320 Å². The molecule has 0 fully saturated rings. The van der Waals surface area contributed by atoms with Crippen LogP contribution in [0, 0.1) is 6.92 Å². The quantitative estimate of drug-likeness (QED) is 0.124. The van der Waals surface area contributed by atoms with Crippen molar-refractivity contribution in [3.8, 4) is 43.8 Å². The zero-order valence-electron chi connectivity index (χ0n) is 29.1. The molecule has 53 heavy (non-hydrogen) atoms. The van der Waals surface area contributed by atoms with Crippen molar-refractivity contribution in [2.45, 2.75) is 6.92 Å². The molecule has 0 aliphatic heterocycles. The van der Waals surface area contributed by atoms with Crippen LogP contribution in [0.4, 0.5) is 0 Å². The van der Waals surface area contributed by atoms with Crippen molar-refractivity contribution in [2.75, 3.05) is 0 Å². The molecule has 0 N–H and O–H groups in total. The molecule has 0 aliphatic rings. The summed E-state index contributed by atoms with van der Waals surface area (Å²) < 4.78 is 2.91. The van der Waals surface area contributed by atoms with Gasteiger partial charge < -0.3 is 0 Å². The molecule has 2 heterocycles. The summed E-state index contributed by atoms with van der Waals surface area (Å²) in [6.07, 6.45) is 0. The van der Waals surface area contributed by atoms with E-state index in [1.807, 2.05) is 11.3 Å². The maximum atomic E-state index is 2.39. The normalized spacial score (nSPS) is 11.9. The van der Waals surface area contributed by atoms with Gasteiger partial charge in [0.05, 0.1) is 0 Å². The zero-order valence-corrected chi connectivity index (χ0v) is 31.6. The van der Waals surface area contributed by atoms with Gasteiger partial charge in [-0.2, -0.15) is 0 Å². The fourth-order valence-corrected chi connectivity index (χ4v) is 12.2. The molecule has 0 aliphatic carbocycles. The summed E-state index contributed by atoms with van der Waals surface area (Å²) in [4.78, 5) is 2.66. The average molecular weight is 756 g/mol. The molecule has 0 saturated heterocycles. The number of thiophene rings is 1. The number of hydrogen-bond donors (Lipinski definition) is 0. The second-order valence-electron chi connectivity index (χ2n) is 13.9. The van der Waals surface area contributed by atoms with E-state index in [9.17, 15) is 0 Å². The minimum absolute atomic E-state index is 0.187. The molecule has 0 amide bonds.